The maximum Gasteiger partial charge on any atom is 0.317 e. The van der Waals surface area contributed by atoms with Gasteiger partial charge in [0.05, 0.1) is 12.6 Å². The maximum absolute atomic E-state index is 13.3. The number of rotatable bonds is 5. The van der Waals surface area contributed by atoms with Gasteiger partial charge in [0.1, 0.15) is 0 Å². The van der Waals surface area contributed by atoms with Gasteiger partial charge < -0.3 is 10.0 Å². The van der Waals surface area contributed by atoms with Crippen LogP contribution in [-0.4, -0.2) is 71.6 Å². The number of carbonyl (C=O) groups excluding carboxylic acids is 1. The number of aliphatic carboxylic acids is 1. The van der Waals surface area contributed by atoms with Crippen molar-refractivity contribution in [3.63, 3.8) is 0 Å². The number of hydrogen-bond donors (Lipinski definition) is 1. The summed E-state index contributed by atoms with van der Waals surface area (Å²) in [4.78, 5) is 30.4. The van der Waals surface area contributed by atoms with Gasteiger partial charge in [-0.3, -0.25) is 19.4 Å². The Labute approximate surface area is 173 Å². The summed E-state index contributed by atoms with van der Waals surface area (Å²) in [6.45, 7) is 5.90. The molecule has 0 saturated carbocycles. The fraction of sp³-hybridized carbons (Fsp3) is 0.619. The lowest BCUT2D eigenvalue weighted by Crippen LogP contribution is -2.49. The smallest absolute Gasteiger partial charge is 0.317 e. The van der Waals surface area contributed by atoms with Crippen molar-refractivity contribution in [3.05, 3.63) is 29.8 Å². The van der Waals surface area contributed by atoms with E-state index in [0.717, 1.165) is 44.5 Å². The number of carboxylic acids is 1. The molecule has 1 amide bonds. The number of likely N-dealkylation sites (tertiary alicyclic amines) is 1. The van der Waals surface area contributed by atoms with Gasteiger partial charge in [0, 0.05) is 24.3 Å². The molecule has 1 fully saturated rings. The molecule has 0 spiro atoms. The first kappa shape index (κ1) is 22.7. The Morgan fingerprint density at radius 1 is 1.25 bits per heavy atom. The van der Waals surface area contributed by atoms with Crippen molar-refractivity contribution in [1.29, 1.82) is 0 Å². The second-order valence-corrected chi connectivity index (χ2v) is 8.00. The van der Waals surface area contributed by atoms with E-state index >= 15 is 0 Å². The molecule has 3 rings (SSSR count). The Balaban J connectivity index is 0.00000280. The second-order valence-electron chi connectivity index (χ2n) is 8.00. The zero-order valence-corrected chi connectivity index (χ0v) is 17.8. The number of likely N-dealkylation sites (N-methyl/N-ethyl adjacent to an activating group) is 1. The zero-order chi connectivity index (χ0) is 19.6. The standard InChI is InChI=1S/C21H31N3O3.ClH/c1-15-13-17-7-4-5-9-19(17)24(15)21(27)16(2)23-11-6-8-18(10-12-23)22(3)14-20(25)26;/h4-5,7,9,15-16,18H,6,8,10-14H2,1-3H3,(H,25,26);1H. The predicted molar refractivity (Wildman–Crippen MR) is 113 cm³/mol. The summed E-state index contributed by atoms with van der Waals surface area (Å²) in [6.07, 6.45) is 3.77. The van der Waals surface area contributed by atoms with Crippen LogP contribution in [0.2, 0.25) is 0 Å². The average molecular weight is 410 g/mol. The van der Waals surface area contributed by atoms with Crippen molar-refractivity contribution in [3.8, 4) is 0 Å². The summed E-state index contributed by atoms with van der Waals surface area (Å²) in [5.74, 6) is -0.617. The van der Waals surface area contributed by atoms with Crippen molar-refractivity contribution >= 4 is 30.0 Å². The molecule has 0 aromatic heterocycles. The average Bonchev–Trinajstić information content (AvgIpc) is 2.80. The molecule has 1 N–H and O–H groups in total. The van der Waals surface area contributed by atoms with E-state index in [2.05, 4.69) is 17.9 Å². The molecule has 1 aromatic rings. The molecule has 3 atom stereocenters. The van der Waals surface area contributed by atoms with Crippen LogP contribution in [0.4, 0.5) is 5.69 Å². The number of carboxylic acid groups (broad SMARTS) is 1. The van der Waals surface area contributed by atoms with Crippen LogP contribution in [0.1, 0.15) is 38.7 Å². The molecular formula is C21H32ClN3O3. The van der Waals surface area contributed by atoms with Gasteiger partial charge in [-0.25, -0.2) is 0 Å². The van der Waals surface area contributed by atoms with Gasteiger partial charge >= 0.3 is 5.97 Å². The van der Waals surface area contributed by atoms with E-state index in [1.807, 2.05) is 42.0 Å². The molecule has 2 aliphatic rings. The Morgan fingerprint density at radius 2 is 1.96 bits per heavy atom. The lowest BCUT2D eigenvalue weighted by atomic mass is 10.1. The van der Waals surface area contributed by atoms with Crippen LogP contribution in [0.15, 0.2) is 24.3 Å². The Morgan fingerprint density at radius 3 is 2.68 bits per heavy atom. The van der Waals surface area contributed by atoms with Crippen LogP contribution < -0.4 is 4.90 Å². The normalized spacial score (nSPS) is 23.6. The Hall–Kier alpha value is -1.63. The summed E-state index contributed by atoms with van der Waals surface area (Å²) >= 11 is 0. The van der Waals surface area contributed by atoms with E-state index in [4.69, 9.17) is 5.11 Å². The maximum atomic E-state index is 13.3. The zero-order valence-electron chi connectivity index (χ0n) is 17.0. The largest absolute Gasteiger partial charge is 0.480 e. The SMILES string of the molecule is CC(C(=O)N1c2ccccc2CC1C)N1CCCC(N(C)CC(=O)O)CC1.Cl. The van der Waals surface area contributed by atoms with E-state index in [-0.39, 0.29) is 43.0 Å². The number of carbonyl (C=O) groups is 2. The highest BCUT2D eigenvalue weighted by Gasteiger charge is 2.35. The molecule has 28 heavy (non-hydrogen) atoms. The molecule has 6 nitrogen and oxygen atoms in total. The molecule has 0 aliphatic carbocycles. The van der Waals surface area contributed by atoms with Gasteiger partial charge in [-0.1, -0.05) is 18.2 Å². The number of amides is 1. The first-order valence-electron chi connectivity index (χ1n) is 9.95. The van der Waals surface area contributed by atoms with Crippen LogP contribution >= 0.6 is 12.4 Å². The number of anilines is 1. The van der Waals surface area contributed by atoms with Crippen LogP contribution in [0.3, 0.4) is 0 Å². The van der Waals surface area contributed by atoms with E-state index in [9.17, 15) is 9.59 Å². The summed E-state index contributed by atoms with van der Waals surface area (Å²) in [5.41, 5.74) is 2.30. The number of para-hydroxylation sites is 1. The van der Waals surface area contributed by atoms with Crippen LogP contribution in [-0.2, 0) is 16.0 Å². The quantitative estimate of drug-likeness (QED) is 0.809. The molecule has 2 aliphatic heterocycles. The van der Waals surface area contributed by atoms with E-state index in [0.29, 0.717) is 0 Å². The molecule has 1 saturated heterocycles. The van der Waals surface area contributed by atoms with Gasteiger partial charge in [-0.15, -0.1) is 12.4 Å². The second kappa shape index (κ2) is 9.72. The summed E-state index contributed by atoms with van der Waals surface area (Å²) in [5, 5.41) is 9.02. The molecule has 0 radical (unpaired) electrons. The summed E-state index contributed by atoms with van der Waals surface area (Å²) in [6, 6.07) is 8.48. The lowest BCUT2D eigenvalue weighted by molar-refractivity contribution is -0.138. The van der Waals surface area contributed by atoms with Crippen molar-refractivity contribution in [1.82, 2.24) is 9.80 Å². The van der Waals surface area contributed by atoms with E-state index in [1.54, 1.807) is 0 Å². The molecular weight excluding hydrogens is 378 g/mol. The number of nitrogens with zero attached hydrogens (tertiary/aromatic N) is 3. The van der Waals surface area contributed by atoms with Crippen molar-refractivity contribution in [2.45, 2.75) is 57.7 Å². The lowest BCUT2D eigenvalue weighted by Gasteiger charge is -2.32. The molecule has 0 bridgehead atoms. The van der Waals surface area contributed by atoms with Gasteiger partial charge in [-0.2, -0.15) is 0 Å². The topological polar surface area (TPSA) is 64.1 Å². The fourth-order valence-electron chi connectivity index (χ4n) is 4.53. The third-order valence-electron chi connectivity index (χ3n) is 6.09. The van der Waals surface area contributed by atoms with Crippen LogP contribution in [0.25, 0.3) is 0 Å². The van der Waals surface area contributed by atoms with Gasteiger partial charge in [0.2, 0.25) is 5.91 Å². The first-order chi connectivity index (χ1) is 12.9. The summed E-state index contributed by atoms with van der Waals surface area (Å²) < 4.78 is 0. The minimum atomic E-state index is -0.788. The highest BCUT2D eigenvalue weighted by Crippen LogP contribution is 2.33. The Bertz CT molecular complexity index is 699. The minimum absolute atomic E-state index is 0. The van der Waals surface area contributed by atoms with Gasteiger partial charge in [0.15, 0.2) is 0 Å². The summed E-state index contributed by atoms with van der Waals surface area (Å²) in [7, 11) is 1.88. The fourth-order valence-corrected chi connectivity index (χ4v) is 4.53. The van der Waals surface area contributed by atoms with Gasteiger partial charge in [-0.05, 0) is 64.8 Å². The molecule has 1 aromatic carbocycles. The number of fused-ring (bicyclic) bond motifs is 1. The monoisotopic (exact) mass is 409 g/mol. The number of hydrogen-bond acceptors (Lipinski definition) is 4. The molecule has 3 unspecified atom stereocenters. The first-order valence-corrected chi connectivity index (χ1v) is 9.95. The van der Waals surface area contributed by atoms with Crippen LogP contribution in [0.5, 0.6) is 0 Å². The highest BCUT2D eigenvalue weighted by molar-refractivity contribution is 5.99. The molecule has 7 heteroatoms. The number of benzene rings is 1. The highest BCUT2D eigenvalue weighted by atomic mass is 35.5. The van der Waals surface area contributed by atoms with E-state index < -0.39 is 5.97 Å². The van der Waals surface area contributed by atoms with Gasteiger partial charge in [0.25, 0.3) is 0 Å². The predicted octanol–water partition coefficient (Wildman–Crippen LogP) is 2.65. The third kappa shape index (κ3) is 4.85. The molecule has 156 valence electrons. The Kier molecular flexibility index (Phi) is 7.87. The van der Waals surface area contributed by atoms with Crippen LogP contribution in [0, 0.1) is 0 Å². The third-order valence-corrected chi connectivity index (χ3v) is 6.09. The van der Waals surface area contributed by atoms with E-state index in [1.165, 1.54) is 5.56 Å². The van der Waals surface area contributed by atoms with Crippen molar-refractivity contribution < 1.29 is 14.7 Å². The van der Waals surface area contributed by atoms with Crippen molar-refractivity contribution in [2.24, 2.45) is 0 Å². The minimum Gasteiger partial charge on any atom is -0.480 e. The molecule has 2 heterocycles. The number of halogens is 1. The van der Waals surface area contributed by atoms with Crippen molar-refractivity contribution in [2.75, 3.05) is 31.6 Å².